The Hall–Kier alpha value is -3.25. The van der Waals surface area contributed by atoms with Gasteiger partial charge in [0.25, 0.3) is 0 Å². The first kappa shape index (κ1) is 16.2. The third-order valence-electron chi connectivity index (χ3n) is 3.85. The number of hydrogen-bond acceptors (Lipinski definition) is 5. The Balaban J connectivity index is 1.61. The summed E-state index contributed by atoms with van der Waals surface area (Å²) in [5.41, 5.74) is 3.33. The number of halogens is 1. The lowest BCUT2D eigenvalue weighted by atomic mass is 10.1. The van der Waals surface area contributed by atoms with Crippen molar-refractivity contribution in [2.45, 2.75) is 6.61 Å². The highest BCUT2D eigenvalue weighted by atomic mass is 35.5. The second-order valence-corrected chi connectivity index (χ2v) is 5.94. The molecule has 0 bridgehead atoms. The van der Waals surface area contributed by atoms with E-state index in [9.17, 15) is 4.79 Å². The van der Waals surface area contributed by atoms with Crippen LogP contribution in [0.3, 0.4) is 0 Å². The monoisotopic (exact) mass is 364 g/mol. The van der Waals surface area contributed by atoms with Crippen LogP contribution in [0.2, 0.25) is 5.15 Å². The van der Waals surface area contributed by atoms with Gasteiger partial charge < -0.3 is 4.74 Å². The van der Waals surface area contributed by atoms with Crippen molar-refractivity contribution in [3.05, 3.63) is 83.4 Å². The molecule has 4 rings (SSSR count). The summed E-state index contributed by atoms with van der Waals surface area (Å²) in [6.07, 6.45) is 4.69. The van der Waals surface area contributed by atoms with E-state index in [1.165, 1.54) is 6.20 Å². The highest BCUT2D eigenvalue weighted by Crippen LogP contribution is 2.21. The van der Waals surface area contributed by atoms with E-state index in [0.29, 0.717) is 16.4 Å². The summed E-state index contributed by atoms with van der Waals surface area (Å²) < 4.78 is 6.99. The topological polar surface area (TPSA) is 69.4 Å². The summed E-state index contributed by atoms with van der Waals surface area (Å²) in [5.74, 6) is -0.493. The van der Waals surface area contributed by atoms with Crippen molar-refractivity contribution in [3.8, 4) is 11.3 Å². The van der Waals surface area contributed by atoms with Crippen LogP contribution in [0.25, 0.3) is 16.9 Å². The average molecular weight is 365 g/mol. The number of carbonyl (C=O) groups is 1. The molecule has 3 aromatic heterocycles. The summed E-state index contributed by atoms with van der Waals surface area (Å²) >= 11 is 5.75. The second kappa shape index (κ2) is 6.93. The van der Waals surface area contributed by atoms with Crippen LogP contribution in [0, 0.1) is 0 Å². The Morgan fingerprint density at radius 3 is 2.65 bits per heavy atom. The summed E-state index contributed by atoms with van der Waals surface area (Å²) in [6, 6.07) is 15.0. The number of aromatic nitrogens is 4. The van der Waals surface area contributed by atoms with Crippen LogP contribution in [0.5, 0.6) is 0 Å². The molecule has 0 saturated heterocycles. The van der Waals surface area contributed by atoms with Gasteiger partial charge in [-0.3, -0.25) is 0 Å². The highest BCUT2D eigenvalue weighted by molar-refractivity contribution is 6.29. The lowest BCUT2D eigenvalue weighted by molar-refractivity contribution is 0.0474. The van der Waals surface area contributed by atoms with Crippen LogP contribution in [-0.2, 0) is 11.3 Å². The van der Waals surface area contributed by atoms with Crippen molar-refractivity contribution in [1.82, 2.24) is 19.6 Å². The number of esters is 1. The SMILES string of the molecule is O=C(OCc1ccc(Cl)nc1)c1cnn2c(-c3ccccc3)ccnc12. The maximum absolute atomic E-state index is 12.4. The summed E-state index contributed by atoms with van der Waals surface area (Å²) in [7, 11) is 0. The fourth-order valence-electron chi connectivity index (χ4n) is 2.58. The Kier molecular flexibility index (Phi) is 4.33. The van der Waals surface area contributed by atoms with Crippen molar-refractivity contribution in [3.63, 3.8) is 0 Å². The van der Waals surface area contributed by atoms with E-state index in [1.807, 2.05) is 36.4 Å². The number of carbonyl (C=O) groups excluding carboxylic acids is 1. The number of nitrogens with zero attached hydrogens (tertiary/aromatic N) is 4. The van der Waals surface area contributed by atoms with Crippen LogP contribution in [-0.4, -0.2) is 25.6 Å². The fraction of sp³-hybridized carbons (Fsp3) is 0.0526. The number of fused-ring (bicyclic) bond motifs is 1. The minimum Gasteiger partial charge on any atom is -0.457 e. The number of hydrogen-bond donors (Lipinski definition) is 0. The van der Waals surface area contributed by atoms with E-state index in [-0.39, 0.29) is 6.61 Å². The molecule has 0 amide bonds. The molecule has 0 aliphatic carbocycles. The maximum atomic E-state index is 12.4. The second-order valence-electron chi connectivity index (χ2n) is 5.56. The van der Waals surface area contributed by atoms with Crippen molar-refractivity contribution in [2.75, 3.05) is 0 Å². The zero-order chi connectivity index (χ0) is 17.9. The molecule has 128 valence electrons. The molecule has 0 spiro atoms. The molecule has 26 heavy (non-hydrogen) atoms. The van der Waals surface area contributed by atoms with Crippen LogP contribution < -0.4 is 0 Å². The Bertz CT molecular complexity index is 1060. The molecule has 0 saturated carbocycles. The van der Waals surface area contributed by atoms with Crippen LogP contribution in [0.4, 0.5) is 0 Å². The molecule has 3 heterocycles. The highest BCUT2D eigenvalue weighted by Gasteiger charge is 2.17. The third-order valence-corrected chi connectivity index (χ3v) is 4.07. The van der Waals surface area contributed by atoms with Crippen LogP contribution >= 0.6 is 11.6 Å². The predicted octanol–water partition coefficient (Wildman–Crippen LogP) is 3.80. The van der Waals surface area contributed by atoms with Crippen molar-refractivity contribution in [2.24, 2.45) is 0 Å². The van der Waals surface area contributed by atoms with Gasteiger partial charge in [0, 0.05) is 23.5 Å². The first-order valence-electron chi connectivity index (χ1n) is 7.88. The van der Waals surface area contributed by atoms with E-state index in [2.05, 4.69) is 15.1 Å². The molecule has 0 aliphatic rings. The lowest BCUT2D eigenvalue weighted by Crippen LogP contribution is -2.06. The molecule has 1 aromatic carbocycles. The smallest absolute Gasteiger partial charge is 0.343 e. The molecular formula is C19H13ClN4O2. The van der Waals surface area contributed by atoms with E-state index >= 15 is 0 Å². The minimum absolute atomic E-state index is 0.0960. The van der Waals surface area contributed by atoms with E-state index < -0.39 is 5.97 Å². The normalized spacial score (nSPS) is 10.8. The molecule has 0 aliphatic heterocycles. The van der Waals surface area contributed by atoms with Gasteiger partial charge in [-0.05, 0) is 12.1 Å². The number of rotatable bonds is 4. The zero-order valence-electron chi connectivity index (χ0n) is 13.5. The molecular weight excluding hydrogens is 352 g/mol. The molecule has 4 aromatic rings. The van der Waals surface area contributed by atoms with Gasteiger partial charge in [0.05, 0.1) is 11.9 Å². The Labute approximate surface area is 154 Å². The minimum atomic E-state index is -0.493. The lowest BCUT2D eigenvalue weighted by Gasteiger charge is -2.05. The first-order valence-corrected chi connectivity index (χ1v) is 8.26. The Morgan fingerprint density at radius 1 is 1.04 bits per heavy atom. The summed E-state index contributed by atoms with van der Waals surface area (Å²) in [4.78, 5) is 20.7. The molecule has 0 fully saturated rings. The number of ether oxygens (including phenoxy) is 1. The summed E-state index contributed by atoms with van der Waals surface area (Å²) in [5, 5.41) is 4.70. The largest absolute Gasteiger partial charge is 0.457 e. The van der Waals surface area contributed by atoms with E-state index in [1.54, 1.807) is 29.0 Å². The molecule has 0 N–H and O–H groups in total. The van der Waals surface area contributed by atoms with E-state index in [0.717, 1.165) is 16.8 Å². The molecule has 0 radical (unpaired) electrons. The zero-order valence-corrected chi connectivity index (χ0v) is 14.3. The van der Waals surface area contributed by atoms with Gasteiger partial charge in [-0.1, -0.05) is 48.0 Å². The quantitative estimate of drug-likeness (QED) is 0.407. The maximum Gasteiger partial charge on any atom is 0.343 e. The van der Waals surface area contributed by atoms with Gasteiger partial charge >= 0.3 is 5.97 Å². The van der Waals surface area contributed by atoms with Gasteiger partial charge in [0.2, 0.25) is 0 Å². The fourth-order valence-corrected chi connectivity index (χ4v) is 2.69. The predicted molar refractivity (Wildman–Crippen MR) is 96.8 cm³/mol. The van der Waals surface area contributed by atoms with Crippen molar-refractivity contribution in [1.29, 1.82) is 0 Å². The number of benzene rings is 1. The molecule has 0 unspecified atom stereocenters. The van der Waals surface area contributed by atoms with Crippen LogP contribution in [0.15, 0.2) is 67.1 Å². The standard InChI is InChI=1S/C19H13ClN4O2/c20-17-7-6-13(10-22-17)12-26-19(25)15-11-23-24-16(8-9-21-18(15)24)14-4-2-1-3-5-14/h1-11H,12H2. The first-order chi connectivity index (χ1) is 12.7. The molecule has 0 atom stereocenters. The van der Waals surface area contributed by atoms with Crippen molar-refractivity contribution < 1.29 is 9.53 Å². The van der Waals surface area contributed by atoms with Gasteiger partial charge in [-0.15, -0.1) is 0 Å². The molecule has 6 nitrogen and oxygen atoms in total. The van der Waals surface area contributed by atoms with E-state index in [4.69, 9.17) is 16.3 Å². The van der Waals surface area contributed by atoms with Crippen molar-refractivity contribution >= 4 is 23.2 Å². The number of pyridine rings is 1. The van der Waals surface area contributed by atoms with Crippen LogP contribution in [0.1, 0.15) is 15.9 Å². The summed E-state index contributed by atoms with van der Waals surface area (Å²) in [6.45, 7) is 0.0960. The van der Waals surface area contributed by atoms with Gasteiger partial charge in [0.1, 0.15) is 17.3 Å². The third kappa shape index (κ3) is 3.14. The van der Waals surface area contributed by atoms with Gasteiger partial charge in [-0.2, -0.15) is 5.10 Å². The molecule has 7 heteroatoms. The van der Waals surface area contributed by atoms with Gasteiger partial charge in [0.15, 0.2) is 5.65 Å². The van der Waals surface area contributed by atoms with Gasteiger partial charge in [-0.25, -0.2) is 19.3 Å². The average Bonchev–Trinajstić information content (AvgIpc) is 3.12. The Morgan fingerprint density at radius 2 is 1.88 bits per heavy atom.